The molecule has 0 saturated heterocycles. The minimum Gasteiger partial charge on any atom is -0.435 e. The second kappa shape index (κ2) is 6.93. The lowest BCUT2D eigenvalue weighted by molar-refractivity contribution is -0.0435. The molecule has 0 amide bonds. The number of rotatable bonds is 6. The van der Waals surface area contributed by atoms with Crippen molar-refractivity contribution in [2.75, 3.05) is 5.75 Å². The lowest BCUT2D eigenvalue weighted by Gasteiger charge is -2.07. The molecule has 0 radical (unpaired) electrons. The van der Waals surface area contributed by atoms with Gasteiger partial charge < -0.3 is 4.42 Å². The maximum absolute atomic E-state index is 12.7. The van der Waals surface area contributed by atoms with Crippen molar-refractivity contribution in [1.29, 1.82) is 5.41 Å². The lowest BCUT2D eigenvalue weighted by atomic mass is 10.3. The monoisotopic (exact) mass is 422 g/mol. The van der Waals surface area contributed by atoms with Crippen LogP contribution in [0.15, 0.2) is 51.1 Å². The minimum atomic E-state index is -5.59. The van der Waals surface area contributed by atoms with E-state index in [-0.39, 0.29) is 16.9 Å². The number of oxazole rings is 1. The number of hydrogen-bond donors (Lipinski definition) is 1. The van der Waals surface area contributed by atoms with Gasteiger partial charge in [-0.05, 0) is 24.3 Å². The third kappa shape index (κ3) is 3.81. The quantitative estimate of drug-likeness (QED) is 0.565. The van der Waals surface area contributed by atoms with Crippen molar-refractivity contribution in [3.63, 3.8) is 0 Å². The van der Waals surface area contributed by atoms with Crippen molar-refractivity contribution in [3.8, 4) is 0 Å². The first-order chi connectivity index (χ1) is 12.3. The van der Waals surface area contributed by atoms with Crippen molar-refractivity contribution in [2.45, 2.75) is 17.3 Å². The summed E-state index contributed by atoms with van der Waals surface area (Å²) >= 11 is 0. The summed E-state index contributed by atoms with van der Waals surface area (Å²) in [7, 11) is -9.42. The number of benzene rings is 1. The first-order valence-corrected chi connectivity index (χ1v) is 10.4. The zero-order valence-electron chi connectivity index (χ0n) is 13.7. The van der Waals surface area contributed by atoms with Crippen molar-refractivity contribution >= 4 is 36.5 Å². The zero-order chi connectivity index (χ0) is 20.6. The molecule has 27 heavy (non-hydrogen) atoms. The molecule has 0 fully saturated rings. The molecule has 0 unspecified atom stereocenters. The Morgan fingerprint density at radius 2 is 1.93 bits per heavy atom. The van der Waals surface area contributed by atoms with Crippen LogP contribution in [0.4, 0.5) is 13.2 Å². The Labute approximate surface area is 152 Å². The topological polar surface area (TPSA) is 118 Å². The summed E-state index contributed by atoms with van der Waals surface area (Å²) in [5, 5.41) is 8.01. The van der Waals surface area contributed by atoms with E-state index in [2.05, 4.69) is 11.6 Å². The van der Waals surface area contributed by atoms with Crippen molar-refractivity contribution in [2.24, 2.45) is 0 Å². The largest absolute Gasteiger partial charge is 0.501 e. The smallest absolute Gasteiger partial charge is 0.435 e. The second-order valence-corrected chi connectivity index (χ2v) is 9.33. The van der Waals surface area contributed by atoms with Gasteiger partial charge in [-0.25, -0.2) is 21.8 Å². The summed E-state index contributed by atoms with van der Waals surface area (Å²) in [5.74, 6) is -0.805. The van der Waals surface area contributed by atoms with Crippen LogP contribution in [0.1, 0.15) is 12.8 Å². The van der Waals surface area contributed by atoms with Crippen molar-refractivity contribution in [1.82, 2.24) is 4.98 Å². The van der Waals surface area contributed by atoms with Crippen LogP contribution in [-0.4, -0.2) is 38.8 Å². The van der Waals surface area contributed by atoms with E-state index in [1.807, 2.05) is 0 Å². The standard InChI is InChI=1S/C15H13F3N2O5S2/c1-3-5-12(26(21,22)4-2)13(19)14-20-10-8-9(6-7-11(10)25-14)27(23,24)15(16,17)18/h3,5-8,19H,1,4H2,2H3/b12-5+,19-13?. The molecule has 12 heteroatoms. The number of hydrogen-bond acceptors (Lipinski definition) is 7. The molecule has 0 bridgehead atoms. The minimum absolute atomic E-state index is 0.109. The third-order valence-corrected chi connectivity index (χ3v) is 6.67. The van der Waals surface area contributed by atoms with Crippen LogP contribution in [0.25, 0.3) is 11.1 Å². The molecule has 2 aromatic rings. The van der Waals surface area contributed by atoms with E-state index in [0.29, 0.717) is 12.1 Å². The van der Waals surface area contributed by atoms with Gasteiger partial charge in [0, 0.05) is 0 Å². The number of nitrogens with zero attached hydrogens (tertiary/aromatic N) is 1. The molecular weight excluding hydrogens is 409 g/mol. The lowest BCUT2D eigenvalue weighted by Crippen LogP contribution is -2.23. The van der Waals surface area contributed by atoms with E-state index in [1.54, 1.807) is 0 Å². The maximum atomic E-state index is 12.7. The van der Waals surface area contributed by atoms with Gasteiger partial charge in [-0.2, -0.15) is 13.2 Å². The van der Waals surface area contributed by atoms with E-state index in [4.69, 9.17) is 9.83 Å². The summed E-state index contributed by atoms with van der Waals surface area (Å²) in [6.07, 6.45) is 2.21. The van der Waals surface area contributed by atoms with Gasteiger partial charge in [0.05, 0.1) is 15.6 Å². The van der Waals surface area contributed by atoms with Crippen LogP contribution in [0, 0.1) is 5.41 Å². The SMILES string of the molecule is C=C/C=C(\C(=N)c1nc2cc(S(=O)(=O)C(F)(F)F)ccc2o1)S(=O)(=O)CC. The molecule has 0 aliphatic rings. The fourth-order valence-corrected chi connectivity index (χ4v) is 3.82. The highest BCUT2D eigenvalue weighted by Crippen LogP contribution is 2.32. The predicted molar refractivity (Wildman–Crippen MR) is 91.8 cm³/mol. The number of fused-ring (bicyclic) bond motifs is 1. The molecule has 0 saturated carbocycles. The Bertz CT molecular complexity index is 1160. The Morgan fingerprint density at radius 3 is 2.44 bits per heavy atom. The number of nitrogens with one attached hydrogen (secondary N) is 1. The van der Waals surface area contributed by atoms with Gasteiger partial charge in [0.2, 0.25) is 5.89 Å². The van der Waals surface area contributed by atoms with E-state index < -0.39 is 46.6 Å². The Hall–Kier alpha value is -2.47. The Kier molecular flexibility index (Phi) is 5.34. The van der Waals surface area contributed by atoms with E-state index >= 15 is 0 Å². The number of sulfone groups is 2. The molecule has 1 N–H and O–H groups in total. The van der Waals surface area contributed by atoms with E-state index in [9.17, 15) is 30.0 Å². The molecule has 0 aliphatic carbocycles. The summed E-state index contributed by atoms with van der Waals surface area (Å²) < 4.78 is 90.3. The molecule has 146 valence electrons. The molecule has 1 aromatic carbocycles. The van der Waals surface area contributed by atoms with E-state index in [0.717, 1.165) is 18.2 Å². The average Bonchev–Trinajstić information content (AvgIpc) is 3.01. The average molecular weight is 422 g/mol. The fraction of sp³-hybridized carbons (Fsp3) is 0.200. The molecule has 0 atom stereocenters. The predicted octanol–water partition coefficient (Wildman–Crippen LogP) is 2.99. The molecule has 1 aromatic heterocycles. The highest BCUT2D eigenvalue weighted by atomic mass is 32.2. The normalized spacial score (nSPS) is 13.7. The molecule has 1 heterocycles. The fourth-order valence-electron chi connectivity index (χ4n) is 2.03. The van der Waals surface area contributed by atoms with Crippen LogP contribution in [-0.2, 0) is 19.7 Å². The van der Waals surface area contributed by atoms with Gasteiger partial charge >= 0.3 is 5.51 Å². The second-order valence-electron chi connectivity index (χ2n) is 5.14. The summed E-state index contributed by atoms with van der Waals surface area (Å²) in [6.45, 7) is 4.73. The summed E-state index contributed by atoms with van der Waals surface area (Å²) in [5.41, 5.74) is -6.50. The molecule has 0 spiro atoms. The van der Waals surface area contributed by atoms with Gasteiger partial charge in [-0.1, -0.05) is 19.6 Å². The van der Waals surface area contributed by atoms with Crippen LogP contribution >= 0.6 is 0 Å². The first kappa shape index (κ1) is 20.8. The number of alkyl halides is 3. The van der Waals surface area contributed by atoms with Crippen LogP contribution in [0.2, 0.25) is 0 Å². The van der Waals surface area contributed by atoms with E-state index in [1.165, 1.54) is 6.92 Å². The summed E-state index contributed by atoms with van der Waals surface area (Å²) in [6, 6.07) is 2.28. The van der Waals surface area contributed by atoms with Gasteiger partial charge in [-0.15, -0.1) is 0 Å². The van der Waals surface area contributed by atoms with Crippen LogP contribution in [0.3, 0.4) is 0 Å². The van der Waals surface area contributed by atoms with Gasteiger partial charge in [-0.3, -0.25) is 5.41 Å². The molecule has 0 aliphatic heterocycles. The number of halogens is 3. The van der Waals surface area contributed by atoms with Gasteiger partial charge in [0.15, 0.2) is 15.4 Å². The van der Waals surface area contributed by atoms with Gasteiger partial charge in [0.1, 0.15) is 11.2 Å². The Balaban J connectivity index is 2.59. The highest BCUT2D eigenvalue weighted by Gasteiger charge is 2.47. The van der Waals surface area contributed by atoms with Crippen LogP contribution in [0.5, 0.6) is 0 Å². The maximum Gasteiger partial charge on any atom is 0.501 e. The molecular formula is C15H13F3N2O5S2. The van der Waals surface area contributed by atoms with Gasteiger partial charge in [0.25, 0.3) is 9.84 Å². The number of aromatic nitrogens is 1. The number of allylic oxidation sites excluding steroid dienone is 3. The van der Waals surface area contributed by atoms with Crippen molar-refractivity contribution < 1.29 is 34.4 Å². The highest BCUT2D eigenvalue weighted by molar-refractivity contribution is 7.96. The first-order valence-electron chi connectivity index (χ1n) is 7.22. The zero-order valence-corrected chi connectivity index (χ0v) is 15.4. The third-order valence-electron chi connectivity index (χ3n) is 3.42. The van der Waals surface area contributed by atoms with Crippen molar-refractivity contribution in [3.05, 3.63) is 47.7 Å². The molecule has 7 nitrogen and oxygen atoms in total. The van der Waals surface area contributed by atoms with Crippen LogP contribution < -0.4 is 0 Å². The Morgan fingerprint density at radius 1 is 1.30 bits per heavy atom. The summed E-state index contributed by atoms with van der Waals surface area (Å²) in [4.78, 5) is 2.28. The molecule has 2 rings (SSSR count).